The number of carbonyl (C=O) groups is 2. The molecule has 0 fully saturated rings. The highest BCUT2D eigenvalue weighted by Gasteiger charge is 2.40. The second-order valence-electron chi connectivity index (χ2n) is 10.3. The van der Waals surface area contributed by atoms with Crippen LogP contribution in [0.25, 0.3) is 0 Å². The number of fused-ring (bicyclic) bond motifs is 2. The van der Waals surface area contributed by atoms with Crippen molar-refractivity contribution in [2.75, 3.05) is 24.5 Å². The van der Waals surface area contributed by atoms with Gasteiger partial charge in [-0.15, -0.1) is 0 Å². The van der Waals surface area contributed by atoms with E-state index in [0.29, 0.717) is 36.2 Å². The minimum atomic E-state index is -4.14. The Morgan fingerprint density at radius 1 is 1.05 bits per heavy atom. The Morgan fingerprint density at radius 2 is 1.79 bits per heavy atom. The molecule has 12 heteroatoms. The summed E-state index contributed by atoms with van der Waals surface area (Å²) in [6.07, 6.45) is 5.22. The Hall–Kier alpha value is -4.86. The molecule has 2 amide bonds. The molecule has 4 heterocycles. The van der Waals surface area contributed by atoms with Gasteiger partial charge in [0.2, 0.25) is 0 Å². The van der Waals surface area contributed by atoms with Crippen molar-refractivity contribution >= 4 is 27.5 Å². The van der Waals surface area contributed by atoms with Crippen molar-refractivity contribution in [1.82, 2.24) is 23.7 Å². The molecule has 0 N–H and O–H groups in total. The number of pyridine rings is 1. The summed E-state index contributed by atoms with van der Waals surface area (Å²) in [4.78, 5) is 37.7. The van der Waals surface area contributed by atoms with E-state index >= 15 is 0 Å². The quantitative estimate of drug-likeness (QED) is 0.290. The molecule has 2 aromatic carbocycles. The Bertz CT molecular complexity index is 1800. The summed E-state index contributed by atoms with van der Waals surface area (Å²) in [5, 5.41) is 9.45. The number of carbonyl (C=O) groups excluding carboxylic acids is 2. The average Bonchev–Trinajstić information content (AvgIpc) is 3.52. The van der Waals surface area contributed by atoms with Crippen molar-refractivity contribution < 1.29 is 18.0 Å². The van der Waals surface area contributed by atoms with Crippen molar-refractivity contribution in [3.63, 3.8) is 0 Å². The van der Waals surface area contributed by atoms with Gasteiger partial charge in [-0.2, -0.15) is 9.57 Å². The molecule has 0 bridgehead atoms. The molecule has 0 saturated heterocycles. The summed E-state index contributed by atoms with van der Waals surface area (Å²) in [5.41, 5.74) is 3.74. The highest BCUT2D eigenvalue weighted by Crippen LogP contribution is 2.33. The molecule has 0 aliphatic carbocycles. The monoisotopic (exact) mass is 581 g/mol. The van der Waals surface area contributed by atoms with E-state index in [1.54, 1.807) is 61.1 Å². The second kappa shape index (κ2) is 10.8. The first-order valence-electron chi connectivity index (χ1n) is 13.4. The Kier molecular flexibility index (Phi) is 7.06. The Morgan fingerprint density at radius 3 is 2.43 bits per heavy atom. The minimum Gasteiger partial charge on any atom is -0.364 e. The first-order chi connectivity index (χ1) is 20.3. The lowest BCUT2D eigenvalue weighted by Gasteiger charge is -2.41. The van der Waals surface area contributed by atoms with Crippen LogP contribution in [0, 0.1) is 11.3 Å². The van der Waals surface area contributed by atoms with E-state index in [0.717, 1.165) is 21.8 Å². The number of imide groups is 1. The largest absolute Gasteiger partial charge is 0.364 e. The summed E-state index contributed by atoms with van der Waals surface area (Å²) in [6.45, 7) is 0.545. The third-order valence-corrected chi connectivity index (χ3v) is 9.61. The normalized spacial score (nSPS) is 16.5. The van der Waals surface area contributed by atoms with Gasteiger partial charge in [0, 0.05) is 50.8 Å². The summed E-state index contributed by atoms with van der Waals surface area (Å²) >= 11 is 0. The fourth-order valence-corrected chi connectivity index (χ4v) is 7.17. The molecule has 1 atom stereocenters. The van der Waals surface area contributed by atoms with Gasteiger partial charge in [0.1, 0.15) is 0 Å². The number of benzene rings is 2. The molecule has 0 spiro atoms. The molecule has 1 unspecified atom stereocenters. The summed E-state index contributed by atoms with van der Waals surface area (Å²) in [7, 11) is -2.25. The van der Waals surface area contributed by atoms with Crippen LogP contribution in [0.4, 0.5) is 5.69 Å². The fourth-order valence-electron chi connectivity index (χ4n) is 5.63. The molecule has 42 heavy (non-hydrogen) atoms. The van der Waals surface area contributed by atoms with E-state index in [1.807, 2.05) is 17.7 Å². The van der Waals surface area contributed by atoms with Crippen LogP contribution in [0.1, 0.15) is 37.5 Å². The van der Waals surface area contributed by atoms with Crippen LogP contribution >= 0.6 is 0 Å². The molecule has 212 valence electrons. The lowest BCUT2D eigenvalue weighted by molar-refractivity contribution is 0.0642. The van der Waals surface area contributed by atoms with E-state index in [9.17, 15) is 23.3 Å². The van der Waals surface area contributed by atoms with Gasteiger partial charge in [-0.05, 0) is 54.4 Å². The van der Waals surface area contributed by atoms with Gasteiger partial charge in [-0.1, -0.05) is 18.2 Å². The van der Waals surface area contributed by atoms with Crippen molar-refractivity contribution in [2.45, 2.75) is 24.0 Å². The molecule has 6 rings (SSSR count). The summed E-state index contributed by atoms with van der Waals surface area (Å²) in [5.74, 6) is -0.896. The number of hydrogen-bond acceptors (Lipinski definition) is 8. The van der Waals surface area contributed by atoms with Crippen LogP contribution in [-0.4, -0.2) is 69.6 Å². The number of aromatic nitrogens is 3. The molecular weight excluding hydrogens is 554 g/mol. The second-order valence-corrected chi connectivity index (χ2v) is 12.1. The van der Waals surface area contributed by atoms with Crippen LogP contribution < -0.4 is 4.90 Å². The maximum Gasteiger partial charge on any atom is 0.261 e. The van der Waals surface area contributed by atoms with Crippen molar-refractivity contribution in [3.05, 3.63) is 107 Å². The van der Waals surface area contributed by atoms with Gasteiger partial charge in [-0.25, -0.2) is 18.4 Å². The van der Waals surface area contributed by atoms with Gasteiger partial charge < -0.3 is 9.47 Å². The third kappa shape index (κ3) is 4.82. The predicted octanol–water partition coefficient (Wildman–Crippen LogP) is 2.61. The van der Waals surface area contributed by atoms with Gasteiger partial charge in [0.15, 0.2) is 5.03 Å². The van der Waals surface area contributed by atoms with E-state index in [4.69, 9.17) is 0 Å². The smallest absolute Gasteiger partial charge is 0.261 e. The van der Waals surface area contributed by atoms with E-state index in [-0.39, 0.29) is 18.1 Å². The van der Waals surface area contributed by atoms with E-state index in [1.165, 1.54) is 16.6 Å². The fraction of sp³-hybridized carbons (Fsp3) is 0.233. The summed E-state index contributed by atoms with van der Waals surface area (Å²) in [6, 6.07) is 18.3. The number of imidazole rings is 1. The highest BCUT2D eigenvalue weighted by atomic mass is 32.2. The van der Waals surface area contributed by atoms with Crippen molar-refractivity contribution in [1.29, 1.82) is 5.26 Å². The SMILES string of the molecule is Cn1cncc1CN1CC(N(CCN2C(=O)c3ccccc3C2=O)S(=O)(=O)c2ccccn2)Cc2cc(C#N)ccc21. The average molecular weight is 582 g/mol. The van der Waals surface area contributed by atoms with Gasteiger partial charge in [0.25, 0.3) is 21.8 Å². The van der Waals surface area contributed by atoms with E-state index < -0.39 is 27.9 Å². The zero-order valence-corrected chi connectivity index (χ0v) is 23.6. The topological polar surface area (TPSA) is 132 Å². The third-order valence-electron chi connectivity index (χ3n) is 7.75. The summed E-state index contributed by atoms with van der Waals surface area (Å²) < 4.78 is 31.5. The molecule has 4 aromatic rings. The molecule has 0 saturated carbocycles. The first kappa shape index (κ1) is 27.3. The molecular formula is C30H27N7O4S. The Balaban J connectivity index is 1.37. The standard InChI is InChI=1S/C30H27N7O4S/c1-34-20-32-17-24(34)19-35-18-23(15-22-14-21(16-31)9-10-27(22)35)37(42(40,41)28-8-4-5-11-33-28)13-12-36-29(38)25-6-2-3-7-26(25)30(36)39/h2-11,14,17,20,23H,12-13,15,18-19H2,1H3. The van der Waals surface area contributed by atoms with Gasteiger partial charge in [0.05, 0.1) is 41.3 Å². The number of sulfonamides is 1. The molecule has 2 aliphatic rings. The van der Waals surface area contributed by atoms with Crippen LogP contribution in [-0.2, 0) is 30.0 Å². The lowest BCUT2D eigenvalue weighted by Crippen LogP contribution is -2.53. The van der Waals surface area contributed by atoms with Crippen LogP contribution in [0.3, 0.4) is 0 Å². The van der Waals surface area contributed by atoms with Crippen LogP contribution in [0.15, 0.2) is 84.4 Å². The zero-order valence-electron chi connectivity index (χ0n) is 22.8. The molecule has 2 aromatic heterocycles. The predicted molar refractivity (Wildman–Crippen MR) is 153 cm³/mol. The number of aryl methyl sites for hydroxylation is 1. The molecule has 0 radical (unpaired) electrons. The maximum absolute atomic E-state index is 14.1. The number of nitriles is 1. The lowest BCUT2D eigenvalue weighted by atomic mass is 9.95. The number of anilines is 1. The number of amides is 2. The molecule has 11 nitrogen and oxygen atoms in total. The molecule has 2 aliphatic heterocycles. The van der Waals surface area contributed by atoms with Gasteiger partial charge >= 0.3 is 0 Å². The Labute approximate surface area is 243 Å². The highest BCUT2D eigenvalue weighted by molar-refractivity contribution is 7.89. The number of hydrogen-bond donors (Lipinski definition) is 0. The minimum absolute atomic E-state index is 0.123. The maximum atomic E-state index is 14.1. The van der Waals surface area contributed by atoms with Crippen LogP contribution in [0.2, 0.25) is 0 Å². The van der Waals surface area contributed by atoms with Crippen molar-refractivity contribution in [3.8, 4) is 6.07 Å². The number of nitrogens with zero attached hydrogens (tertiary/aromatic N) is 7. The first-order valence-corrected chi connectivity index (χ1v) is 14.8. The van der Waals surface area contributed by atoms with E-state index in [2.05, 4.69) is 20.9 Å². The van der Waals surface area contributed by atoms with Crippen molar-refractivity contribution in [2.24, 2.45) is 7.05 Å². The zero-order chi connectivity index (χ0) is 29.4. The number of rotatable bonds is 8. The van der Waals surface area contributed by atoms with Crippen LogP contribution in [0.5, 0.6) is 0 Å². The van der Waals surface area contributed by atoms with Gasteiger partial charge in [-0.3, -0.25) is 14.5 Å².